The van der Waals surface area contributed by atoms with Crippen LogP contribution in [0.3, 0.4) is 0 Å². The number of halogens is 1. The van der Waals surface area contributed by atoms with E-state index in [1.165, 1.54) is 4.90 Å². The summed E-state index contributed by atoms with van der Waals surface area (Å²) >= 11 is 7.63. The molecule has 17 heavy (non-hydrogen) atoms. The SMILES string of the molecule is Clc1cc(NCCSc2ccccc2)ccn1. The van der Waals surface area contributed by atoms with Gasteiger partial charge in [-0.15, -0.1) is 11.8 Å². The van der Waals surface area contributed by atoms with Crippen LogP contribution in [-0.4, -0.2) is 17.3 Å². The molecule has 0 spiro atoms. The first-order chi connectivity index (χ1) is 8.34. The Morgan fingerprint density at radius 3 is 2.76 bits per heavy atom. The molecule has 0 atom stereocenters. The molecule has 0 fully saturated rings. The number of nitrogens with zero attached hydrogens (tertiary/aromatic N) is 1. The van der Waals surface area contributed by atoms with Gasteiger partial charge in [0.05, 0.1) is 0 Å². The first-order valence-corrected chi connectivity index (χ1v) is 6.74. The number of hydrogen-bond donors (Lipinski definition) is 1. The Balaban J connectivity index is 1.73. The smallest absolute Gasteiger partial charge is 0.131 e. The Bertz CT molecular complexity index is 462. The molecule has 88 valence electrons. The van der Waals surface area contributed by atoms with Gasteiger partial charge in [0.15, 0.2) is 0 Å². The van der Waals surface area contributed by atoms with Crippen molar-refractivity contribution in [3.63, 3.8) is 0 Å². The van der Waals surface area contributed by atoms with Crippen molar-refractivity contribution in [3.8, 4) is 0 Å². The largest absolute Gasteiger partial charge is 0.384 e. The van der Waals surface area contributed by atoms with Crippen molar-refractivity contribution in [2.24, 2.45) is 0 Å². The number of thioether (sulfide) groups is 1. The monoisotopic (exact) mass is 264 g/mol. The van der Waals surface area contributed by atoms with Crippen LogP contribution < -0.4 is 5.32 Å². The van der Waals surface area contributed by atoms with Gasteiger partial charge >= 0.3 is 0 Å². The quantitative estimate of drug-likeness (QED) is 0.503. The molecule has 1 heterocycles. The van der Waals surface area contributed by atoms with Gasteiger partial charge in [-0.25, -0.2) is 4.98 Å². The molecule has 0 radical (unpaired) electrons. The molecule has 1 aromatic heterocycles. The van der Waals surface area contributed by atoms with Crippen LogP contribution in [0.15, 0.2) is 53.6 Å². The molecule has 0 aliphatic carbocycles. The minimum atomic E-state index is 0.519. The highest BCUT2D eigenvalue weighted by Gasteiger charge is 1.95. The maximum absolute atomic E-state index is 5.80. The minimum absolute atomic E-state index is 0.519. The van der Waals surface area contributed by atoms with E-state index in [2.05, 4.69) is 34.6 Å². The fourth-order valence-corrected chi connectivity index (χ4v) is 2.36. The van der Waals surface area contributed by atoms with Crippen LogP contribution >= 0.6 is 23.4 Å². The van der Waals surface area contributed by atoms with E-state index in [9.17, 15) is 0 Å². The molecule has 1 aromatic carbocycles. The second-order valence-corrected chi connectivity index (χ2v) is 5.01. The van der Waals surface area contributed by atoms with Crippen molar-refractivity contribution in [1.82, 2.24) is 4.98 Å². The summed E-state index contributed by atoms with van der Waals surface area (Å²) in [7, 11) is 0. The Kier molecular flexibility index (Phi) is 4.71. The fraction of sp³-hybridized carbons (Fsp3) is 0.154. The molecule has 0 saturated carbocycles. The minimum Gasteiger partial charge on any atom is -0.384 e. The van der Waals surface area contributed by atoms with E-state index in [0.29, 0.717) is 5.15 Å². The topological polar surface area (TPSA) is 24.9 Å². The fourth-order valence-electron chi connectivity index (χ4n) is 1.39. The Morgan fingerprint density at radius 2 is 2.00 bits per heavy atom. The van der Waals surface area contributed by atoms with Crippen LogP contribution in [0.1, 0.15) is 0 Å². The van der Waals surface area contributed by atoms with Gasteiger partial charge in [-0.2, -0.15) is 0 Å². The number of pyridine rings is 1. The second-order valence-electron chi connectivity index (χ2n) is 3.46. The standard InChI is InChI=1S/C13H13ClN2S/c14-13-10-11(6-7-16-13)15-8-9-17-12-4-2-1-3-5-12/h1-7,10H,8-9H2,(H,15,16). The zero-order valence-electron chi connectivity index (χ0n) is 9.27. The molecule has 1 N–H and O–H groups in total. The van der Waals surface area contributed by atoms with Crippen molar-refractivity contribution in [1.29, 1.82) is 0 Å². The number of aromatic nitrogens is 1. The van der Waals surface area contributed by atoms with Gasteiger partial charge in [-0.1, -0.05) is 29.8 Å². The molecule has 0 aliphatic heterocycles. The predicted octanol–water partition coefficient (Wildman–Crippen LogP) is 3.94. The summed E-state index contributed by atoms with van der Waals surface area (Å²) in [6.45, 7) is 0.903. The zero-order valence-corrected chi connectivity index (χ0v) is 10.8. The summed E-state index contributed by atoms with van der Waals surface area (Å²) in [6.07, 6.45) is 1.70. The van der Waals surface area contributed by atoms with Crippen molar-refractivity contribution in [2.45, 2.75) is 4.90 Å². The van der Waals surface area contributed by atoms with Crippen molar-refractivity contribution in [2.75, 3.05) is 17.6 Å². The average molecular weight is 265 g/mol. The maximum atomic E-state index is 5.80. The second kappa shape index (κ2) is 6.52. The summed E-state index contributed by atoms with van der Waals surface area (Å²) in [6, 6.07) is 14.1. The first-order valence-electron chi connectivity index (χ1n) is 5.38. The number of anilines is 1. The lowest BCUT2D eigenvalue weighted by molar-refractivity contribution is 1.21. The van der Waals surface area contributed by atoms with Gasteiger partial charge in [-0.3, -0.25) is 0 Å². The van der Waals surface area contributed by atoms with Crippen molar-refractivity contribution in [3.05, 3.63) is 53.8 Å². The molecule has 0 saturated heterocycles. The molecule has 2 nitrogen and oxygen atoms in total. The molecule has 0 amide bonds. The van der Waals surface area contributed by atoms with E-state index in [1.807, 2.05) is 30.0 Å². The van der Waals surface area contributed by atoms with Gasteiger partial charge < -0.3 is 5.32 Å². The van der Waals surface area contributed by atoms with Crippen LogP contribution in [0.2, 0.25) is 5.15 Å². The first kappa shape index (κ1) is 12.3. The lowest BCUT2D eigenvalue weighted by Gasteiger charge is -2.06. The van der Waals surface area contributed by atoms with Crippen LogP contribution in [0.5, 0.6) is 0 Å². The van der Waals surface area contributed by atoms with Gasteiger partial charge in [0.25, 0.3) is 0 Å². The highest BCUT2D eigenvalue weighted by atomic mass is 35.5. The third-order valence-electron chi connectivity index (χ3n) is 2.17. The van der Waals surface area contributed by atoms with Gasteiger partial charge in [0, 0.05) is 29.1 Å². The van der Waals surface area contributed by atoms with E-state index < -0.39 is 0 Å². The van der Waals surface area contributed by atoms with E-state index in [1.54, 1.807) is 6.20 Å². The molecule has 0 unspecified atom stereocenters. The highest BCUT2D eigenvalue weighted by molar-refractivity contribution is 7.99. The number of hydrogen-bond acceptors (Lipinski definition) is 3. The average Bonchev–Trinajstić information content (AvgIpc) is 2.36. The Morgan fingerprint density at radius 1 is 1.18 bits per heavy atom. The number of benzene rings is 1. The normalized spacial score (nSPS) is 10.2. The molecule has 0 aliphatic rings. The molecule has 2 rings (SSSR count). The van der Waals surface area contributed by atoms with Crippen LogP contribution in [0, 0.1) is 0 Å². The molecule has 2 aromatic rings. The molecule has 4 heteroatoms. The maximum Gasteiger partial charge on any atom is 0.131 e. The van der Waals surface area contributed by atoms with E-state index in [-0.39, 0.29) is 0 Å². The summed E-state index contributed by atoms with van der Waals surface area (Å²) in [5, 5.41) is 3.83. The summed E-state index contributed by atoms with van der Waals surface area (Å²) in [4.78, 5) is 5.23. The zero-order chi connectivity index (χ0) is 11.9. The van der Waals surface area contributed by atoms with Gasteiger partial charge in [-0.05, 0) is 24.3 Å². The van der Waals surface area contributed by atoms with Crippen LogP contribution in [0.25, 0.3) is 0 Å². The van der Waals surface area contributed by atoms with Crippen LogP contribution in [0.4, 0.5) is 5.69 Å². The van der Waals surface area contributed by atoms with E-state index >= 15 is 0 Å². The lowest BCUT2D eigenvalue weighted by Crippen LogP contribution is -2.03. The molecular formula is C13H13ClN2S. The summed E-state index contributed by atoms with van der Waals surface area (Å²) in [5.74, 6) is 1.02. The Labute approximate surface area is 110 Å². The van der Waals surface area contributed by atoms with Gasteiger partial charge in [0.2, 0.25) is 0 Å². The molecule has 0 bridgehead atoms. The lowest BCUT2D eigenvalue weighted by atomic mass is 10.4. The van der Waals surface area contributed by atoms with Gasteiger partial charge in [0.1, 0.15) is 5.15 Å². The summed E-state index contributed by atoms with van der Waals surface area (Å²) in [5.41, 5.74) is 1.01. The molecular weight excluding hydrogens is 252 g/mol. The number of rotatable bonds is 5. The summed E-state index contributed by atoms with van der Waals surface area (Å²) < 4.78 is 0. The van der Waals surface area contributed by atoms with Crippen LogP contribution in [-0.2, 0) is 0 Å². The van der Waals surface area contributed by atoms with E-state index in [0.717, 1.165) is 18.0 Å². The van der Waals surface area contributed by atoms with E-state index in [4.69, 9.17) is 11.6 Å². The van der Waals surface area contributed by atoms with Crippen molar-refractivity contribution >= 4 is 29.1 Å². The number of nitrogens with one attached hydrogen (secondary N) is 1. The Hall–Kier alpha value is -1.19. The highest BCUT2D eigenvalue weighted by Crippen LogP contribution is 2.17. The van der Waals surface area contributed by atoms with Crippen molar-refractivity contribution < 1.29 is 0 Å². The predicted molar refractivity (Wildman–Crippen MR) is 74.9 cm³/mol. The third kappa shape index (κ3) is 4.29. The third-order valence-corrected chi connectivity index (χ3v) is 3.39.